The number of halogens is 3. The largest absolute Gasteiger partial charge is 0.416 e. The fraction of sp³-hybridized carbons (Fsp3) is 0.400. The summed E-state index contributed by atoms with van der Waals surface area (Å²) < 4.78 is 39.8. The van der Waals surface area contributed by atoms with Gasteiger partial charge in [0.15, 0.2) is 0 Å². The number of thioether (sulfide) groups is 1. The van der Waals surface area contributed by atoms with Crippen molar-refractivity contribution in [2.45, 2.75) is 25.0 Å². The summed E-state index contributed by atoms with van der Waals surface area (Å²) in [6, 6.07) is 5.13. The van der Waals surface area contributed by atoms with Gasteiger partial charge in [-0.3, -0.25) is 4.79 Å². The van der Waals surface area contributed by atoms with E-state index in [1.807, 2.05) is 6.92 Å². The van der Waals surface area contributed by atoms with Gasteiger partial charge in [-0.2, -0.15) is 13.2 Å². The Morgan fingerprint density at radius 3 is 2.88 bits per heavy atom. The second kappa shape index (κ2) is 6.46. The smallest absolute Gasteiger partial charge is 0.324 e. The van der Waals surface area contributed by atoms with E-state index in [4.69, 9.17) is 0 Å². The first-order valence-electron chi connectivity index (χ1n) is 7.35. The average Bonchev–Trinajstić information content (AvgIpc) is 3.13. The first-order chi connectivity index (χ1) is 11.4. The number of nitrogens with zero attached hydrogens (tertiary/aromatic N) is 4. The van der Waals surface area contributed by atoms with E-state index in [0.29, 0.717) is 23.6 Å². The van der Waals surface area contributed by atoms with Gasteiger partial charge in [0.2, 0.25) is 5.91 Å². The molecule has 1 aliphatic rings. The van der Waals surface area contributed by atoms with Crippen LogP contribution in [0.5, 0.6) is 0 Å². The minimum Gasteiger partial charge on any atom is -0.324 e. The molecule has 0 saturated carbocycles. The summed E-state index contributed by atoms with van der Waals surface area (Å²) in [5.41, 5.74) is 0.442. The van der Waals surface area contributed by atoms with E-state index in [1.165, 1.54) is 22.5 Å². The third-order valence-electron chi connectivity index (χ3n) is 3.72. The molecule has 0 bridgehead atoms. The summed E-state index contributed by atoms with van der Waals surface area (Å²) in [5.74, 6) is 0.457. The van der Waals surface area contributed by atoms with Crippen molar-refractivity contribution in [2.75, 3.05) is 12.3 Å². The van der Waals surface area contributed by atoms with Crippen LogP contribution in [0.2, 0.25) is 0 Å². The lowest BCUT2D eigenvalue weighted by Gasteiger charge is -2.19. The van der Waals surface area contributed by atoms with Gasteiger partial charge in [-0.05, 0) is 24.6 Å². The SMILES string of the molecule is CCN1C(=O)CSC1c1cn(Cc2cccc(C(F)(F)F)c2)nn1. The molecule has 2 heterocycles. The maximum absolute atomic E-state index is 12.8. The van der Waals surface area contributed by atoms with E-state index in [0.717, 1.165) is 12.1 Å². The number of amides is 1. The molecule has 24 heavy (non-hydrogen) atoms. The van der Waals surface area contributed by atoms with Crippen molar-refractivity contribution >= 4 is 17.7 Å². The molecule has 2 aromatic rings. The molecule has 128 valence electrons. The van der Waals surface area contributed by atoms with Crippen molar-refractivity contribution in [2.24, 2.45) is 0 Å². The van der Waals surface area contributed by atoms with Gasteiger partial charge in [0.05, 0.1) is 24.1 Å². The van der Waals surface area contributed by atoms with E-state index in [1.54, 1.807) is 17.2 Å². The van der Waals surface area contributed by atoms with Gasteiger partial charge < -0.3 is 4.90 Å². The number of rotatable bonds is 4. The molecule has 1 aromatic heterocycles. The molecule has 1 unspecified atom stereocenters. The number of carbonyl (C=O) groups excluding carboxylic acids is 1. The molecule has 0 spiro atoms. The molecule has 1 aliphatic heterocycles. The highest BCUT2D eigenvalue weighted by atomic mass is 32.2. The monoisotopic (exact) mass is 356 g/mol. The molecule has 0 aliphatic carbocycles. The van der Waals surface area contributed by atoms with E-state index in [9.17, 15) is 18.0 Å². The predicted molar refractivity (Wildman–Crippen MR) is 83.2 cm³/mol. The topological polar surface area (TPSA) is 51.0 Å². The average molecular weight is 356 g/mol. The quantitative estimate of drug-likeness (QED) is 0.845. The summed E-state index contributed by atoms with van der Waals surface area (Å²) in [5, 5.41) is 7.87. The van der Waals surface area contributed by atoms with Crippen LogP contribution in [0, 0.1) is 0 Å². The first kappa shape index (κ1) is 16.8. The molecule has 3 rings (SSSR count). The highest BCUT2D eigenvalue weighted by molar-refractivity contribution is 8.00. The lowest BCUT2D eigenvalue weighted by Crippen LogP contribution is -2.27. The zero-order valence-corrected chi connectivity index (χ0v) is 13.6. The molecular formula is C15H15F3N4OS. The van der Waals surface area contributed by atoms with Crippen molar-refractivity contribution in [3.63, 3.8) is 0 Å². The number of hydrogen-bond acceptors (Lipinski definition) is 4. The molecule has 1 saturated heterocycles. The lowest BCUT2D eigenvalue weighted by molar-refractivity contribution is -0.137. The highest BCUT2D eigenvalue weighted by Crippen LogP contribution is 2.37. The zero-order valence-electron chi connectivity index (χ0n) is 12.8. The predicted octanol–water partition coefficient (Wildman–Crippen LogP) is 2.94. The van der Waals surface area contributed by atoms with Crippen LogP contribution in [0.3, 0.4) is 0 Å². The van der Waals surface area contributed by atoms with Crippen molar-refractivity contribution in [1.82, 2.24) is 19.9 Å². The number of carbonyl (C=O) groups is 1. The maximum Gasteiger partial charge on any atom is 0.416 e. The Labute approximate surface area is 140 Å². The Bertz CT molecular complexity index is 746. The highest BCUT2D eigenvalue weighted by Gasteiger charge is 2.33. The van der Waals surface area contributed by atoms with Crippen LogP contribution in [-0.2, 0) is 17.5 Å². The second-order valence-corrected chi connectivity index (χ2v) is 6.45. The van der Waals surface area contributed by atoms with Crippen molar-refractivity contribution in [3.8, 4) is 0 Å². The third kappa shape index (κ3) is 3.40. The minimum absolute atomic E-state index is 0.0555. The molecule has 5 nitrogen and oxygen atoms in total. The van der Waals surface area contributed by atoms with E-state index >= 15 is 0 Å². The first-order valence-corrected chi connectivity index (χ1v) is 8.40. The minimum atomic E-state index is -4.37. The maximum atomic E-state index is 12.8. The van der Waals surface area contributed by atoms with Crippen molar-refractivity contribution in [1.29, 1.82) is 0 Å². The molecule has 0 radical (unpaired) electrons. The molecule has 1 atom stereocenters. The fourth-order valence-electron chi connectivity index (χ4n) is 2.58. The fourth-order valence-corrected chi connectivity index (χ4v) is 3.77. The van der Waals surface area contributed by atoms with Crippen LogP contribution in [0.15, 0.2) is 30.5 Å². The van der Waals surface area contributed by atoms with Gasteiger partial charge >= 0.3 is 6.18 Å². The normalized spacial score (nSPS) is 18.4. The molecule has 1 aromatic carbocycles. The van der Waals surface area contributed by atoms with Gasteiger partial charge in [-0.15, -0.1) is 16.9 Å². The summed E-state index contributed by atoms with van der Waals surface area (Å²) >= 11 is 1.47. The van der Waals surface area contributed by atoms with E-state index < -0.39 is 11.7 Å². The van der Waals surface area contributed by atoms with E-state index in [2.05, 4.69) is 10.3 Å². The Morgan fingerprint density at radius 1 is 1.38 bits per heavy atom. The summed E-state index contributed by atoms with van der Waals surface area (Å²) in [6.07, 6.45) is -2.69. The van der Waals surface area contributed by atoms with Crippen LogP contribution in [-0.4, -0.2) is 38.1 Å². The van der Waals surface area contributed by atoms with Crippen LogP contribution >= 0.6 is 11.8 Å². The van der Waals surface area contributed by atoms with Gasteiger partial charge in [0, 0.05) is 6.54 Å². The molecule has 1 amide bonds. The Morgan fingerprint density at radius 2 is 2.17 bits per heavy atom. The van der Waals surface area contributed by atoms with Crippen LogP contribution < -0.4 is 0 Å². The number of aromatic nitrogens is 3. The number of hydrogen-bond donors (Lipinski definition) is 0. The molecule has 1 fully saturated rings. The second-order valence-electron chi connectivity index (χ2n) is 5.38. The van der Waals surface area contributed by atoms with E-state index in [-0.39, 0.29) is 17.8 Å². The van der Waals surface area contributed by atoms with Crippen LogP contribution in [0.1, 0.15) is 29.1 Å². The van der Waals surface area contributed by atoms with Crippen LogP contribution in [0.4, 0.5) is 13.2 Å². The molecular weight excluding hydrogens is 341 g/mol. The number of alkyl halides is 3. The third-order valence-corrected chi connectivity index (χ3v) is 4.94. The molecule has 0 N–H and O–H groups in total. The standard InChI is InChI=1S/C15H15F3N4OS/c1-2-22-13(23)9-24-14(22)12-8-21(20-19-12)7-10-4-3-5-11(6-10)15(16,17)18/h3-6,8,14H,2,7,9H2,1H3. The Kier molecular flexibility index (Phi) is 4.53. The zero-order chi connectivity index (χ0) is 17.3. The van der Waals surface area contributed by atoms with Crippen LogP contribution in [0.25, 0.3) is 0 Å². The van der Waals surface area contributed by atoms with Gasteiger partial charge in [0.1, 0.15) is 11.1 Å². The van der Waals surface area contributed by atoms with Crippen molar-refractivity contribution < 1.29 is 18.0 Å². The van der Waals surface area contributed by atoms with Gasteiger partial charge in [-0.25, -0.2) is 4.68 Å². The van der Waals surface area contributed by atoms with Gasteiger partial charge in [-0.1, -0.05) is 17.3 Å². The molecule has 9 heteroatoms. The lowest BCUT2D eigenvalue weighted by atomic mass is 10.1. The summed E-state index contributed by atoms with van der Waals surface area (Å²) in [7, 11) is 0. The summed E-state index contributed by atoms with van der Waals surface area (Å²) in [4.78, 5) is 13.5. The Balaban J connectivity index is 1.76. The van der Waals surface area contributed by atoms with Crippen molar-refractivity contribution in [3.05, 3.63) is 47.3 Å². The summed E-state index contributed by atoms with van der Waals surface area (Å²) in [6.45, 7) is 2.66. The van der Waals surface area contributed by atoms with Gasteiger partial charge in [0.25, 0.3) is 0 Å². The Hall–Kier alpha value is -2.03. The number of benzene rings is 1.